The lowest BCUT2D eigenvalue weighted by Gasteiger charge is -2.32. The molecule has 2 fully saturated rings. The molecule has 0 aromatic carbocycles. The molecule has 0 aliphatic carbocycles. The highest BCUT2D eigenvalue weighted by molar-refractivity contribution is 14.0. The fourth-order valence-corrected chi connectivity index (χ4v) is 3.35. The molecule has 0 aromatic rings. The molecule has 28 heavy (non-hydrogen) atoms. The van der Waals surface area contributed by atoms with Crippen LogP contribution in [0.1, 0.15) is 32.6 Å². The molecule has 2 aliphatic rings. The number of halogens is 1. The van der Waals surface area contributed by atoms with Crippen LogP contribution in [-0.2, 0) is 14.3 Å². The van der Waals surface area contributed by atoms with E-state index in [1.165, 1.54) is 0 Å². The van der Waals surface area contributed by atoms with Gasteiger partial charge in [0, 0.05) is 58.4 Å². The van der Waals surface area contributed by atoms with Crippen LogP contribution in [-0.4, -0.2) is 89.0 Å². The lowest BCUT2D eigenvalue weighted by Crippen LogP contribution is -2.50. The highest BCUT2D eigenvalue weighted by Gasteiger charge is 2.21. The van der Waals surface area contributed by atoms with Crippen LogP contribution in [0.15, 0.2) is 4.99 Å². The first kappa shape index (κ1) is 25.4. The van der Waals surface area contributed by atoms with E-state index in [9.17, 15) is 4.79 Å². The second-order valence-corrected chi connectivity index (χ2v) is 7.29. The van der Waals surface area contributed by atoms with Crippen LogP contribution in [0.2, 0.25) is 0 Å². The number of carbonyl (C=O) groups is 1. The Bertz CT molecular complexity index is 453. The summed E-state index contributed by atoms with van der Waals surface area (Å²) in [5.74, 6) is 1.53. The Morgan fingerprint density at radius 1 is 1.29 bits per heavy atom. The molecule has 1 amide bonds. The number of likely N-dealkylation sites (N-methyl/N-ethyl adjacent to an activating group) is 1. The molecule has 1 atom stereocenters. The van der Waals surface area contributed by atoms with Gasteiger partial charge in [-0.2, -0.15) is 0 Å². The first-order valence-corrected chi connectivity index (χ1v) is 10.3. The number of piperidine rings is 1. The quantitative estimate of drug-likeness (QED) is 0.174. The zero-order chi connectivity index (χ0) is 19.3. The smallest absolute Gasteiger partial charge is 0.233 e. The van der Waals surface area contributed by atoms with Crippen LogP contribution in [0.25, 0.3) is 0 Å². The number of ether oxygens (including phenoxy) is 2. The molecule has 1 unspecified atom stereocenters. The minimum Gasteiger partial charge on any atom is -0.381 e. The number of nitrogens with one attached hydrogen (secondary N) is 3. The number of carbonyl (C=O) groups excluding carboxylic acids is 1. The van der Waals surface area contributed by atoms with E-state index in [0.717, 1.165) is 84.2 Å². The number of nitrogens with zero attached hydrogens (tertiary/aromatic N) is 2. The largest absolute Gasteiger partial charge is 0.381 e. The summed E-state index contributed by atoms with van der Waals surface area (Å²) in [6.07, 6.45) is 4.09. The SMILES string of the molecule is CCNC(=NCCCOCC1CCOC1)NC1CCN(CC(=O)NC)CC1.I. The summed E-state index contributed by atoms with van der Waals surface area (Å²) in [6.45, 7) is 9.31. The Kier molecular flexibility index (Phi) is 13.8. The topological polar surface area (TPSA) is 87.2 Å². The number of rotatable bonds is 10. The van der Waals surface area contributed by atoms with Crippen LogP contribution in [0.4, 0.5) is 0 Å². The van der Waals surface area contributed by atoms with Crippen LogP contribution < -0.4 is 16.0 Å². The average molecular weight is 511 g/mol. The minimum atomic E-state index is 0. The van der Waals surface area contributed by atoms with Gasteiger partial charge in [0.25, 0.3) is 0 Å². The van der Waals surface area contributed by atoms with Crippen molar-refractivity contribution in [1.29, 1.82) is 0 Å². The van der Waals surface area contributed by atoms with Crippen molar-refractivity contribution in [2.75, 3.05) is 66.2 Å². The monoisotopic (exact) mass is 511 g/mol. The Balaban J connectivity index is 0.00000392. The van der Waals surface area contributed by atoms with E-state index in [1.54, 1.807) is 7.05 Å². The van der Waals surface area contributed by atoms with Crippen LogP contribution in [0, 0.1) is 5.92 Å². The number of aliphatic imine (C=N–C) groups is 1. The van der Waals surface area contributed by atoms with Gasteiger partial charge in [0.15, 0.2) is 5.96 Å². The minimum absolute atomic E-state index is 0. The molecule has 2 saturated heterocycles. The molecule has 0 aromatic heterocycles. The molecule has 2 heterocycles. The third kappa shape index (κ3) is 10.2. The van der Waals surface area contributed by atoms with Crippen LogP contribution >= 0.6 is 24.0 Å². The normalized spacial score (nSPS) is 21.2. The summed E-state index contributed by atoms with van der Waals surface area (Å²) in [6, 6.07) is 0.405. The van der Waals surface area contributed by atoms with Crippen molar-refractivity contribution in [3.05, 3.63) is 0 Å². The zero-order valence-corrected chi connectivity index (χ0v) is 19.7. The van der Waals surface area contributed by atoms with Gasteiger partial charge < -0.3 is 25.4 Å². The van der Waals surface area contributed by atoms with Gasteiger partial charge in [0.1, 0.15) is 0 Å². The summed E-state index contributed by atoms with van der Waals surface area (Å²) in [5.41, 5.74) is 0. The predicted octanol–water partition coefficient (Wildman–Crippen LogP) is 0.813. The molecule has 2 aliphatic heterocycles. The first-order valence-electron chi connectivity index (χ1n) is 10.3. The van der Waals surface area contributed by atoms with Gasteiger partial charge in [0.05, 0.1) is 19.8 Å². The molecule has 0 spiro atoms. The lowest BCUT2D eigenvalue weighted by atomic mass is 10.1. The van der Waals surface area contributed by atoms with Crippen LogP contribution in [0.3, 0.4) is 0 Å². The zero-order valence-electron chi connectivity index (χ0n) is 17.4. The van der Waals surface area contributed by atoms with Gasteiger partial charge in [-0.3, -0.25) is 14.7 Å². The first-order chi connectivity index (χ1) is 13.2. The predicted molar refractivity (Wildman–Crippen MR) is 122 cm³/mol. The van der Waals surface area contributed by atoms with Gasteiger partial charge in [-0.25, -0.2) is 0 Å². The van der Waals surface area contributed by atoms with Crippen molar-refractivity contribution in [1.82, 2.24) is 20.9 Å². The number of hydrogen-bond donors (Lipinski definition) is 3. The van der Waals surface area contributed by atoms with Gasteiger partial charge in [-0.15, -0.1) is 24.0 Å². The molecule has 0 bridgehead atoms. The maximum absolute atomic E-state index is 11.5. The van der Waals surface area contributed by atoms with E-state index in [0.29, 0.717) is 18.5 Å². The van der Waals surface area contributed by atoms with Gasteiger partial charge in [-0.05, 0) is 32.6 Å². The summed E-state index contributed by atoms with van der Waals surface area (Å²) >= 11 is 0. The third-order valence-electron chi connectivity index (χ3n) is 5.01. The Morgan fingerprint density at radius 2 is 2.07 bits per heavy atom. The molecular weight excluding hydrogens is 473 g/mol. The molecule has 3 N–H and O–H groups in total. The number of amides is 1. The number of hydrogen-bond acceptors (Lipinski definition) is 5. The lowest BCUT2D eigenvalue weighted by molar-refractivity contribution is -0.122. The van der Waals surface area contributed by atoms with E-state index >= 15 is 0 Å². The van der Waals surface area contributed by atoms with Crippen molar-refractivity contribution in [3.63, 3.8) is 0 Å². The van der Waals surface area contributed by atoms with Crippen molar-refractivity contribution in [2.45, 2.75) is 38.6 Å². The van der Waals surface area contributed by atoms with Crippen LogP contribution in [0.5, 0.6) is 0 Å². The van der Waals surface area contributed by atoms with Crippen molar-refractivity contribution >= 4 is 35.8 Å². The standard InChI is InChI=1S/C19H37N5O3.HI/c1-3-21-19(22-8-4-11-26-14-16-7-12-27-15-16)23-17-5-9-24(10-6-17)13-18(25)20-2;/h16-17H,3-15H2,1-2H3,(H,20,25)(H2,21,22,23);1H. The van der Waals surface area contributed by atoms with Crippen molar-refractivity contribution in [2.24, 2.45) is 10.9 Å². The molecule has 9 heteroatoms. The summed E-state index contributed by atoms with van der Waals surface area (Å²) < 4.78 is 11.1. The molecule has 8 nitrogen and oxygen atoms in total. The average Bonchev–Trinajstić information content (AvgIpc) is 3.19. The second kappa shape index (κ2) is 15.2. The molecular formula is C19H38IN5O3. The third-order valence-corrected chi connectivity index (χ3v) is 5.01. The van der Waals surface area contributed by atoms with Gasteiger partial charge in [-0.1, -0.05) is 0 Å². The Morgan fingerprint density at radius 3 is 2.71 bits per heavy atom. The van der Waals surface area contributed by atoms with E-state index in [4.69, 9.17) is 9.47 Å². The fourth-order valence-electron chi connectivity index (χ4n) is 3.35. The van der Waals surface area contributed by atoms with Gasteiger partial charge >= 0.3 is 0 Å². The molecule has 0 radical (unpaired) electrons. The number of guanidine groups is 1. The van der Waals surface area contributed by atoms with Crippen molar-refractivity contribution < 1.29 is 14.3 Å². The second-order valence-electron chi connectivity index (χ2n) is 7.29. The highest BCUT2D eigenvalue weighted by atomic mass is 127. The maximum atomic E-state index is 11.5. The van der Waals surface area contributed by atoms with Gasteiger partial charge in [0.2, 0.25) is 5.91 Å². The highest BCUT2D eigenvalue weighted by Crippen LogP contribution is 2.12. The van der Waals surface area contributed by atoms with Crippen molar-refractivity contribution in [3.8, 4) is 0 Å². The molecule has 164 valence electrons. The summed E-state index contributed by atoms with van der Waals surface area (Å²) in [4.78, 5) is 18.4. The van der Waals surface area contributed by atoms with E-state index in [-0.39, 0.29) is 29.9 Å². The molecule has 0 saturated carbocycles. The summed E-state index contributed by atoms with van der Waals surface area (Å²) in [7, 11) is 1.68. The Labute approximate surface area is 186 Å². The maximum Gasteiger partial charge on any atom is 0.233 e. The van der Waals surface area contributed by atoms with E-state index < -0.39 is 0 Å². The van der Waals surface area contributed by atoms with E-state index in [2.05, 4.69) is 32.8 Å². The molecule has 2 rings (SSSR count). The van der Waals surface area contributed by atoms with E-state index in [1.807, 2.05) is 0 Å². The summed E-state index contributed by atoms with van der Waals surface area (Å²) in [5, 5.41) is 9.54. The fraction of sp³-hybridized carbons (Fsp3) is 0.895. The Hall–Kier alpha value is -0.650. The number of likely N-dealkylation sites (tertiary alicyclic amines) is 1.